The fourth-order valence-corrected chi connectivity index (χ4v) is 2.91. The van der Waals surface area contributed by atoms with E-state index in [1.807, 2.05) is 24.3 Å². The lowest BCUT2D eigenvalue weighted by molar-refractivity contribution is 0.102. The molecule has 0 radical (unpaired) electrons. The second-order valence-corrected chi connectivity index (χ2v) is 5.61. The van der Waals surface area contributed by atoms with Crippen molar-refractivity contribution in [2.75, 3.05) is 16.8 Å². The molecule has 0 saturated heterocycles. The smallest absolute Gasteiger partial charge is 0.274 e. The van der Waals surface area contributed by atoms with E-state index in [1.165, 1.54) is 5.56 Å². The first kappa shape index (κ1) is 14.4. The Labute approximate surface area is 140 Å². The summed E-state index contributed by atoms with van der Waals surface area (Å²) >= 11 is 0. The van der Waals surface area contributed by atoms with Crippen molar-refractivity contribution in [1.29, 1.82) is 0 Å². The first-order valence-electron chi connectivity index (χ1n) is 7.85. The molecule has 5 nitrogen and oxygen atoms in total. The number of nitrogens with zero attached hydrogens (tertiary/aromatic N) is 3. The van der Waals surface area contributed by atoms with E-state index in [0.29, 0.717) is 11.4 Å². The molecule has 0 bridgehead atoms. The van der Waals surface area contributed by atoms with Crippen molar-refractivity contribution >= 4 is 23.1 Å². The van der Waals surface area contributed by atoms with E-state index < -0.39 is 0 Å². The quantitative estimate of drug-likeness (QED) is 0.804. The Balaban J connectivity index is 1.59. The molecule has 1 aromatic carbocycles. The molecule has 0 fully saturated rings. The van der Waals surface area contributed by atoms with Crippen LogP contribution in [0.2, 0.25) is 0 Å². The van der Waals surface area contributed by atoms with Crippen LogP contribution < -0.4 is 10.2 Å². The number of anilines is 3. The molecule has 0 unspecified atom stereocenters. The van der Waals surface area contributed by atoms with Crippen LogP contribution >= 0.6 is 0 Å². The van der Waals surface area contributed by atoms with E-state index in [9.17, 15) is 4.79 Å². The second-order valence-electron chi connectivity index (χ2n) is 5.61. The summed E-state index contributed by atoms with van der Waals surface area (Å²) in [6.45, 7) is 0.875. The molecule has 0 aliphatic carbocycles. The van der Waals surface area contributed by atoms with Crippen molar-refractivity contribution in [1.82, 2.24) is 9.97 Å². The number of pyridine rings is 2. The molecule has 118 valence electrons. The van der Waals surface area contributed by atoms with Gasteiger partial charge in [0.1, 0.15) is 11.5 Å². The number of aromatic nitrogens is 2. The predicted octanol–water partition coefficient (Wildman–Crippen LogP) is 3.42. The van der Waals surface area contributed by atoms with Gasteiger partial charge in [-0.3, -0.25) is 9.78 Å². The molecule has 24 heavy (non-hydrogen) atoms. The molecular weight excluding hydrogens is 300 g/mol. The number of hydrogen-bond acceptors (Lipinski definition) is 4. The average Bonchev–Trinajstić information content (AvgIpc) is 3.07. The molecule has 1 aliphatic rings. The number of benzene rings is 1. The van der Waals surface area contributed by atoms with Crippen LogP contribution in [0.3, 0.4) is 0 Å². The first-order valence-corrected chi connectivity index (χ1v) is 7.85. The minimum atomic E-state index is -0.239. The third-order valence-corrected chi connectivity index (χ3v) is 4.05. The molecule has 5 heteroatoms. The molecule has 3 aromatic rings. The largest absolute Gasteiger partial charge is 0.326 e. The number of carbonyl (C=O) groups is 1. The maximum Gasteiger partial charge on any atom is 0.274 e. The van der Waals surface area contributed by atoms with Gasteiger partial charge in [0.05, 0.1) is 11.9 Å². The molecule has 4 rings (SSSR count). The summed E-state index contributed by atoms with van der Waals surface area (Å²) in [5.41, 5.74) is 3.52. The van der Waals surface area contributed by atoms with Crippen molar-refractivity contribution in [3.05, 3.63) is 78.2 Å². The topological polar surface area (TPSA) is 58.1 Å². The van der Waals surface area contributed by atoms with E-state index in [1.54, 1.807) is 30.6 Å². The van der Waals surface area contributed by atoms with Crippen LogP contribution in [0.1, 0.15) is 16.1 Å². The lowest BCUT2D eigenvalue weighted by Crippen LogP contribution is -2.18. The van der Waals surface area contributed by atoms with Gasteiger partial charge in [0.25, 0.3) is 5.91 Å². The third kappa shape index (κ3) is 2.72. The van der Waals surface area contributed by atoms with Crippen molar-refractivity contribution < 1.29 is 4.79 Å². The van der Waals surface area contributed by atoms with Crippen molar-refractivity contribution in [2.45, 2.75) is 6.42 Å². The third-order valence-electron chi connectivity index (χ3n) is 4.05. The molecule has 1 aliphatic heterocycles. The zero-order chi connectivity index (χ0) is 16.4. The number of para-hydroxylation sites is 1. The highest BCUT2D eigenvalue weighted by molar-refractivity contribution is 6.03. The summed E-state index contributed by atoms with van der Waals surface area (Å²) in [7, 11) is 0. The van der Waals surface area contributed by atoms with Crippen LogP contribution in [0.25, 0.3) is 0 Å². The number of hydrogen-bond donors (Lipinski definition) is 1. The van der Waals surface area contributed by atoms with Crippen molar-refractivity contribution in [3.63, 3.8) is 0 Å². The summed E-state index contributed by atoms with van der Waals surface area (Å²) in [6, 6.07) is 17.4. The molecule has 0 spiro atoms. The standard InChI is InChI=1S/C19H16N4O/c24-19(21-15-6-4-11-20-13-15)16-7-3-9-18(22-16)23-12-10-14-5-1-2-8-17(14)23/h1-9,11,13H,10,12H2,(H,21,24). The zero-order valence-electron chi connectivity index (χ0n) is 13.0. The van der Waals surface area contributed by atoms with Gasteiger partial charge in [-0.15, -0.1) is 0 Å². The molecular formula is C19H16N4O. The number of fused-ring (bicyclic) bond motifs is 1. The summed E-state index contributed by atoms with van der Waals surface area (Å²) < 4.78 is 0. The van der Waals surface area contributed by atoms with Gasteiger partial charge in [-0.05, 0) is 42.3 Å². The van der Waals surface area contributed by atoms with Gasteiger partial charge >= 0.3 is 0 Å². The van der Waals surface area contributed by atoms with Crippen LogP contribution in [0.15, 0.2) is 67.0 Å². The van der Waals surface area contributed by atoms with E-state index in [0.717, 1.165) is 24.5 Å². The summed E-state index contributed by atoms with van der Waals surface area (Å²) in [5.74, 6) is 0.552. The fraction of sp³-hybridized carbons (Fsp3) is 0.105. The Hall–Kier alpha value is -3.21. The average molecular weight is 316 g/mol. The normalized spacial score (nSPS) is 12.8. The summed E-state index contributed by atoms with van der Waals surface area (Å²) in [4.78, 5) is 23.1. The minimum Gasteiger partial charge on any atom is -0.326 e. The van der Waals surface area contributed by atoms with Gasteiger partial charge in [0, 0.05) is 18.4 Å². The van der Waals surface area contributed by atoms with E-state index in [2.05, 4.69) is 32.3 Å². The lowest BCUT2D eigenvalue weighted by atomic mass is 10.2. The Bertz CT molecular complexity index is 879. The van der Waals surface area contributed by atoms with E-state index in [-0.39, 0.29) is 5.91 Å². The second kappa shape index (κ2) is 6.12. The predicted molar refractivity (Wildman–Crippen MR) is 93.6 cm³/mol. The van der Waals surface area contributed by atoms with Crippen LogP contribution in [0.4, 0.5) is 17.2 Å². The number of amides is 1. The van der Waals surface area contributed by atoms with Gasteiger partial charge in [-0.1, -0.05) is 24.3 Å². The summed E-state index contributed by atoms with van der Waals surface area (Å²) in [6.07, 6.45) is 4.27. The fourth-order valence-electron chi connectivity index (χ4n) is 2.91. The van der Waals surface area contributed by atoms with Gasteiger partial charge in [0.2, 0.25) is 0 Å². The molecule has 1 amide bonds. The van der Waals surface area contributed by atoms with Gasteiger partial charge in [0.15, 0.2) is 0 Å². The SMILES string of the molecule is O=C(Nc1cccnc1)c1cccc(N2CCc3ccccc32)n1. The number of carbonyl (C=O) groups excluding carboxylic acids is 1. The number of rotatable bonds is 3. The molecule has 3 heterocycles. The minimum absolute atomic E-state index is 0.239. The highest BCUT2D eigenvalue weighted by Crippen LogP contribution is 2.33. The van der Waals surface area contributed by atoms with Crippen molar-refractivity contribution in [3.8, 4) is 0 Å². The molecule has 0 saturated carbocycles. The van der Waals surface area contributed by atoms with Crippen LogP contribution in [0, 0.1) is 0 Å². The zero-order valence-corrected chi connectivity index (χ0v) is 13.0. The number of nitrogens with one attached hydrogen (secondary N) is 1. The van der Waals surface area contributed by atoms with Crippen LogP contribution in [0.5, 0.6) is 0 Å². The maximum absolute atomic E-state index is 12.4. The Morgan fingerprint density at radius 1 is 1.04 bits per heavy atom. The van der Waals surface area contributed by atoms with Gasteiger partial charge < -0.3 is 10.2 Å². The first-order chi connectivity index (χ1) is 11.8. The van der Waals surface area contributed by atoms with Crippen LogP contribution in [-0.4, -0.2) is 22.4 Å². The van der Waals surface area contributed by atoms with E-state index in [4.69, 9.17) is 0 Å². The highest BCUT2D eigenvalue weighted by Gasteiger charge is 2.21. The Kier molecular flexibility index (Phi) is 3.67. The van der Waals surface area contributed by atoms with Crippen molar-refractivity contribution in [2.24, 2.45) is 0 Å². The van der Waals surface area contributed by atoms with E-state index >= 15 is 0 Å². The monoisotopic (exact) mass is 316 g/mol. The molecule has 2 aromatic heterocycles. The molecule has 0 atom stereocenters. The Morgan fingerprint density at radius 2 is 1.96 bits per heavy atom. The summed E-state index contributed by atoms with van der Waals surface area (Å²) in [5, 5.41) is 2.81. The molecule has 1 N–H and O–H groups in total. The van der Waals surface area contributed by atoms with Crippen LogP contribution in [-0.2, 0) is 6.42 Å². The Morgan fingerprint density at radius 3 is 2.83 bits per heavy atom. The van der Waals surface area contributed by atoms with Gasteiger partial charge in [-0.2, -0.15) is 0 Å². The lowest BCUT2D eigenvalue weighted by Gasteiger charge is -2.18. The highest BCUT2D eigenvalue weighted by atomic mass is 16.1. The van der Waals surface area contributed by atoms with Gasteiger partial charge in [-0.25, -0.2) is 4.98 Å². The maximum atomic E-state index is 12.4.